The summed E-state index contributed by atoms with van der Waals surface area (Å²) in [5.74, 6) is -2.33. The first-order valence-electron chi connectivity index (χ1n) is 13.8. The van der Waals surface area contributed by atoms with E-state index in [2.05, 4.69) is 0 Å². The van der Waals surface area contributed by atoms with Crippen LogP contribution in [0, 0.1) is 0 Å². The van der Waals surface area contributed by atoms with E-state index < -0.39 is 36.2 Å². The van der Waals surface area contributed by atoms with Gasteiger partial charge in [0.2, 0.25) is 0 Å². The summed E-state index contributed by atoms with van der Waals surface area (Å²) < 4.78 is 36.1. The highest BCUT2D eigenvalue weighted by atomic mass is 16.8. The summed E-state index contributed by atoms with van der Waals surface area (Å²) in [7, 11) is 0. The Balaban J connectivity index is 1.67. The quantitative estimate of drug-likeness (QED) is 0.192. The van der Waals surface area contributed by atoms with Gasteiger partial charge in [-0.25, -0.2) is 9.59 Å². The van der Waals surface area contributed by atoms with E-state index >= 15 is 0 Å². The molecule has 38 heavy (non-hydrogen) atoms. The highest BCUT2D eigenvalue weighted by molar-refractivity contribution is 6.13. The second kappa shape index (κ2) is 13.1. The van der Waals surface area contributed by atoms with E-state index in [1.54, 1.807) is 13.8 Å². The maximum Gasteiger partial charge on any atom is 0.347 e. The van der Waals surface area contributed by atoms with Crippen molar-refractivity contribution < 1.29 is 38.0 Å². The van der Waals surface area contributed by atoms with Gasteiger partial charge in [0, 0.05) is 12.7 Å². The molecule has 0 N–H and O–H groups in total. The third-order valence-electron chi connectivity index (χ3n) is 7.01. The SMILES string of the molecule is CCOC(=O)C(=CN1C[C@@H](OCc2ccccc2)[C@H]2OC(C)(C)O[C@H]2[C@@H]1OC1CCCCC1)C(=O)OCC. The summed E-state index contributed by atoms with van der Waals surface area (Å²) in [4.78, 5) is 27.4. The number of likely N-dealkylation sites (tertiary alicyclic amines) is 1. The highest BCUT2D eigenvalue weighted by Gasteiger charge is 2.55. The molecule has 1 aromatic rings. The molecule has 2 saturated heterocycles. The lowest BCUT2D eigenvalue weighted by Gasteiger charge is -2.45. The molecule has 1 saturated carbocycles. The molecular formula is C29H41NO8. The second-order valence-electron chi connectivity index (χ2n) is 10.4. The van der Waals surface area contributed by atoms with Crippen LogP contribution in [0.25, 0.3) is 0 Å². The summed E-state index contributed by atoms with van der Waals surface area (Å²) in [6.07, 6.45) is 4.96. The van der Waals surface area contributed by atoms with Gasteiger partial charge in [0.05, 0.1) is 25.9 Å². The molecule has 0 spiro atoms. The molecule has 0 bridgehead atoms. The number of ether oxygens (including phenoxy) is 6. The van der Waals surface area contributed by atoms with Crippen LogP contribution in [0.2, 0.25) is 0 Å². The zero-order valence-corrected chi connectivity index (χ0v) is 22.9. The van der Waals surface area contributed by atoms with Crippen LogP contribution >= 0.6 is 0 Å². The predicted octanol–water partition coefficient (Wildman–Crippen LogP) is 4.09. The van der Waals surface area contributed by atoms with Crippen molar-refractivity contribution in [2.24, 2.45) is 0 Å². The Hall–Kier alpha value is -2.46. The Labute approximate surface area is 225 Å². The van der Waals surface area contributed by atoms with Crippen LogP contribution in [0.5, 0.6) is 0 Å². The van der Waals surface area contributed by atoms with Gasteiger partial charge in [-0.2, -0.15) is 0 Å². The normalized spacial score (nSPS) is 26.9. The van der Waals surface area contributed by atoms with Crippen LogP contribution in [0.4, 0.5) is 0 Å². The minimum atomic E-state index is -0.845. The van der Waals surface area contributed by atoms with E-state index in [1.807, 2.05) is 49.1 Å². The molecule has 2 heterocycles. The van der Waals surface area contributed by atoms with Crippen LogP contribution in [-0.4, -0.2) is 73.0 Å². The monoisotopic (exact) mass is 531 g/mol. The molecule has 1 aliphatic carbocycles. The average Bonchev–Trinajstić information content (AvgIpc) is 3.24. The lowest BCUT2D eigenvalue weighted by Crippen LogP contribution is -2.61. The van der Waals surface area contributed by atoms with Gasteiger partial charge in [0.15, 0.2) is 17.6 Å². The first-order valence-corrected chi connectivity index (χ1v) is 13.8. The minimum Gasteiger partial charge on any atom is -0.462 e. The van der Waals surface area contributed by atoms with E-state index in [4.69, 9.17) is 28.4 Å². The molecule has 0 aromatic heterocycles. The van der Waals surface area contributed by atoms with Gasteiger partial charge in [-0.1, -0.05) is 49.6 Å². The zero-order valence-electron chi connectivity index (χ0n) is 22.9. The van der Waals surface area contributed by atoms with Crippen LogP contribution in [0.3, 0.4) is 0 Å². The van der Waals surface area contributed by atoms with Crippen LogP contribution in [0.1, 0.15) is 65.4 Å². The molecule has 3 fully saturated rings. The fraction of sp³-hybridized carbons (Fsp3) is 0.655. The number of rotatable bonds is 10. The topological polar surface area (TPSA) is 92.8 Å². The third kappa shape index (κ3) is 7.14. The molecule has 2 aliphatic heterocycles. The van der Waals surface area contributed by atoms with Crippen molar-refractivity contribution in [3.8, 4) is 0 Å². The lowest BCUT2D eigenvalue weighted by atomic mass is 9.96. The number of fused-ring (bicyclic) bond motifs is 1. The summed E-state index contributed by atoms with van der Waals surface area (Å²) in [6, 6.07) is 9.90. The van der Waals surface area contributed by atoms with Gasteiger partial charge in [0.25, 0.3) is 0 Å². The maximum absolute atomic E-state index is 12.8. The molecule has 9 nitrogen and oxygen atoms in total. The standard InChI is InChI=1S/C29H41NO8/c1-5-33-27(31)22(28(32)34-6-2)17-30-18-23(35-19-20-13-9-7-10-14-20)24-25(38-29(3,4)37-24)26(30)36-21-15-11-8-12-16-21/h7,9-10,13-14,17,21,23-26H,5-6,8,11-12,15-16,18-19H2,1-4H3/t23-,24-,25-,26+/m1/s1. The van der Waals surface area contributed by atoms with Crippen LogP contribution < -0.4 is 0 Å². The number of esters is 2. The summed E-state index contributed by atoms with van der Waals surface area (Å²) in [5, 5.41) is 0. The van der Waals surface area contributed by atoms with Crippen molar-refractivity contribution in [3.05, 3.63) is 47.7 Å². The molecule has 4 rings (SSSR count). The highest BCUT2D eigenvalue weighted by Crippen LogP contribution is 2.40. The molecule has 9 heteroatoms. The minimum absolute atomic E-state index is 0.0491. The number of hydrogen-bond donors (Lipinski definition) is 0. The van der Waals surface area contributed by atoms with Gasteiger partial charge < -0.3 is 33.3 Å². The molecule has 4 atom stereocenters. The van der Waals surface area contributed by atoms with E-state index in [0.29, 0.717) is 13.2 Å². The fourth-order valence-corrected chi connectivity index (χ4v) is 5.31. The molecule has 210 valence electrons. The number of hydrogen-bond acceptors (Lipinski definition) is 9. The van der Waals surface area contributed by atoms with Crippen molar-refractivity contribution in [3.63, 3.8) is 0 Å². The number of piperidine rings is 1. The first-order chi connectivity index (χ1) is 18.3. The Morgan fingerprint density at radius 2 is 1.61 bits per heavy atom. The number of benzene rings is 1. The average molecular weight is 532 g/mol. The van der Waals surface area contributed by atoms with Gasteiger partial charge in [-0.15, -0.1) is 0 Å². The smallest absolute Gasteiger partial charge is 0.347 e. The van der Waals surface area contributed by atoms with Gasteiger partial charge >= 0.3 is 11.9 Å². The Kier molecular flexibility index (Phi) is 9.81. The van der Waals surface area contributed by atoms with Gasteiger partial charge in [0.1, 0.15) is 18.3 Å². The molecule has 0 unspecified atom stereocenters. The van der Waals surface area contributed by atoms with Gasteiger partial charge in [-0.3, -0.25) is 0 Å². The van der Waals surface area contributed by atoms with Crippen LogP contribution in [0.15, 0.2) is 42.1 Å². The van der Waals surface area contributed by atoms with Crippen molar-refractivity contribution in [2.75, 3.05) is 19.8 Å². The fourth-order valence-electron chi connectivity index (χ4n) is 5.31. The number of nitrogens with zero attached hydrogens (tertiary/aromatic N) is 1. The second-order valence-corrected chi connectivity index (χ2v) is 10.4. The summed E-state index contributed by atoms with van der Waals surface area (Å²) in [5.41, 5.74) is 0.841. The summed E-state index contributed by atoms with van der Waals surface area (Å²) in [6.45, 7) is 8.12. The number of carbonyl (C=O) groups is 2. The first kappa shape index (κ1) is 28.5. The molecule has 0 amide bonds. The van der Waals surface area contributed by atoms with E-state index in [9.17, 15) is 9.59 Å². The maximum atomic E-state index is 12.8. The molecule has 0 radical (unpaired) electrons. The lowest BCUT2D eigenvalue weighted by molar-refractivity contribution is -0.201. The molecular weight excluding hydrogens is 490 g/mol. The zero-order chi connectivity index (χ0) is 27.1. The predicted molar refractivity (Wildman–Crippen MR) is 139 cm³/mol. The summed E-state index contributed by atoms with van der Waals surface area (Å²) >= 11 is 0. The third-order valence-corrected chi connectivity index (χ3v) is 7.01. The Morgan fingerprint density at radius 3 is 2.24 bits per heavy atom. The van der Waals surface area contributed by atoms with E-state index in [-0.39, 0.29) is 31.0 Å². The Morgan fingerprint density at radius 1 is 0.974 bits per heavy atom. The van der Waals surface area contributed by atoms with Crippen molar-refractivity contribution in [1.29, 1.82) is 0 Å². The van der Waals surface area contributed by atoms with Crippen molar-refractivity contribution in [2.45, 2.75) is 103 Å². The van der Waals surface area contributed by atoms with E-state index in [1.165, 1.54) is 12.6 Å². The van der Waals surface area contributed by atoms with E-state index in [0.717, 1.165) is 31.2 Å². The largest absolute Gasteiger partial charge is 0.462 e. The van der Waals surface area contributed by atoms with Crippen LogP contribution in [-0.2, 0) is 44.6 Å². The molecule has 1 aromatic carbocycles. The van der Waals surface area contributed by atoms with Crippen molar-refractivity contribution in [1.82, 2.24) is 4.90 Å². The molecule has 3 aliphatic rings. The van der Waals surface area contributed by atoms with Crippen molar-refractivity contribution >= 4 is 11.9 Å². The van der Waals surface area contributed by atoms with Gasteiger partial charge in [-0.05, 0) is 46.1 Å². The Bertz CT molecular complexity index is 939. The number of carbonyl (C=O) groups excluding carboxylic acids is 2.